The van der Waals surface area contributed by atoms with E-state index in [1.54, 1.807) is 6.92 Å². The number of carboxylic acids is 1. The van der Waals surface area contributed by atoms with Crippen LogP contribution in [-0.4, -0.2) is 23.8 Å². The minimum Gasteiger partial charge on any atom is -0.481 e. The van der Waals surface area contributed by atoms with Crippen molar-refractivity contribution in [1.29, 1.82) is 0 Å². The fourth-order valence-electron chi connectivity index (χ4n) is 1.67. The van der Waals surface area contributed by atoms with E-state index in [1.165, 1.54) is 38.5 Å². The Balaban J connectivity index is 3.30. The number of rotatable bonds is 11. The fourth-order valence-corrected chi connectivity index (χ4v) is 1.67. The number of ether oxygens (including phenoxy) is 1. The van der Waals surface area contributed by atoms with E-state index < -0.39 is 11.9 Å². The molecule has 3 nitrogen and oxygen atoms in total. The zero-order valence-corrected chi connectivity index (χ0v) is 11.6. The summed E-state index contributed by atoms with van der Waals surface area (Å²) < 4.78 is 5.51. The normalized spacial score (nSPS) is 14.5. The highest BCUT2D eigenvalue weighted by molar-refractivity contribution is 5.70. The quantitative estimate of drug-likeness (QED) is 0.561. The highest BCUT2D eigenvalue weighted by Crippen LogP contribution is 2.10. The van der Waals surface area contributed by atoms with Crippen molar-refractivity contribution in [2.75, 3.05) is 6.61 Å². The molecule has 0 rings (SSSR count). The summed E-state index contributed by atoms with van der Waals surface area (Å²) in [6.07, 6.45) is 8.59. The van der Waals surface area contributed by atoms with Gasteiger partial charge in [-0.05, 0) is 20.3 Å². The Labute approximate surface area is 106 Å². The molecule has 0 aromatic heterocycles. The summed E-state index contributed by atoms with van der Waals surface area (Å²) in [5.74, 6) is -1.20. The topological polar surface area (TPSA) is 46.5 Å². The molecule has 0 saturated heterocycles. The van der Waals surface area contributed by atoms with E-state index >= 15 is 0 Å². The first kappa shape index (κ1) is 16.4. The van der Waals surface area contributed by atoms with Crippen LogP contribution in [0.4, 0.5) is 0 Å². The average Bonchev–Trinajstić information content (AvgIpc) is 2.31. The van der Waals surface area contributed by atoms with Gasteiger partial charge < -0.3 is 9.84 Å². The third kappa shape index (κ3) is 9.16. The lowest BCUT2D eigenvalue weighted by Gasteiger charge is -2.16. The van der Waals surface area contributed by atoms with Crippen LogP contribution in [0.5, 0.6) is 0 Å². The maximum Gasteiger partial charge on any atom is 0.308 e. The monoisotopic (exact) mass is 244 g/mol. The van der Waals surface area contributed by atoms with Gasteiger partial charge in [0.25, 0.3) is 0 Å². The van der Waals surface area contributed by atoms with Crippen LogP contribution in [0.2, 0.25) is 0 Å². The Morgan fingerprint density at radius 1 is 1.06 bits per heavy atom. The first-order valence-electron chi connectivity index (χ1n) is 6.94. The van der Waals surface area contributed by atoms with E-state index in [9.17, 15) is 4.79 Å². The maximum atomic E-state index is 10.7. The molecular weight excluding hydrogens is 216 g/mol. The van der Waals surface area contributed by atoms with E-state index in [0.29, 0.717) is 6.61 Å². The third-order valence-corrected chi connectivity index (χ3v) is 3.22. The number of carbonyl (C=O) groups is 1. The number of unbranched alkanes of at least 4 members (excludes halogenated alkanes) is 6. The smallest absolute Gasteiger partial charge is 0.308 e. The minimum absolute atomic E-state index is 0.187. The largest absolute Gasteiger partial charge is 0.481 e. The molecule has 0 radical (unpaired) electrons. The molecule has 0 saturated carbocycles. The Morgan fingerprint density at radius 3 is 2.12 bits per heavy atom. The molecule has 0 bridgehead atoms. The zero-order chi connectivity index (χ0) is 13.1. The van der Waals surface area contributed by atoms with Crippen LogP contribution in [0.15, 0.2) is 0 Å². The summed E-state index contributed by atoms with van der Waals surface area (Å²) in [6.45, 7) is 6.43. The van der Waals surface area contributed by atoms with Crippen LogP contribution in [-0.2, 0) is 9.53 Å². The summed E-state index contributed by atoms with van der Waals surface area (Å²) >= 11 is 0. The molecule has 0 aromatic carbocycles. The predicted octanol–water partition coefficient (Wildman–Crippen LogP) is 3.86. The van der Waals surface area contributed by atoms with Crippen molar-refractivity contribution in [1.82, 2.24) is 0 Å². The van der Waals surface area contributed by atoms with Gasteiger partial charge in [-0.2, -0.15) is 0 Å². The second-order valence-corrected chi connectivity index (χ2v) is 4.82. The van der Waals surface area contributed by atoms with Crippen molar-refractivity contribution >= 4 is 5.97 Å². The minimum atomic E-state index is -0.780. The van der Waals surface area contributed by atoms with E-state index in [2.05, 4.69) is 6.92 Å². The van der Waals surface area contributed by atoms with Crippen LogP contribution >= 0.6 is 0 Å². The Morgan fingerprint density at radius 2 is 1.59 bits per heavy atom. The lowest BCUT2D eigenvalue weighted by molar-refractivity contribution is -0.146. The molecule has 3 heteroatoms. The molecule has 0 heterocycles. The standard InChI is InChI=1S/C14H28O3/c1-4-5-6-7-8-9-10-11-17-13(3)12(2)14(15)16/h12-13H,4-11H2,1-3H3,(H,15,16). The summed E-state index contributed by atoms with van der Waals surface area (Å²) in [4.78, 5) is 10.7. The lowest BCUT2D eigenvalue weighted by Crippen LogP contribution is -2.25. The van der Waals surface area contributed by atoms with E-state index in [-0.39, 0.29) is 6.10 Å². The summed E-state index contributed by atoms with van der Waals surface area (Å²) in [5, 5.41) is 8.80. The van der Waals surface area contributed by atoms with Crippen LogP contribution < -0.4 is 0 Å². The van der Waals surface area contributed by atoms with Crippen molar-refractivity contribution in [2.24, 2.45) is 5.92 Å². The summed E-state index contributed by atoms with van der Waals surface area (Å²) in [5.41, 5.74) is 0. The molecular formula is C14H28O3. The van der Waals surface area contributed by atoms with E-state index in [0.717, 1.165) is 6.42 Å². The van der Waals surface area contributed by atoms with Crippen molar-refractivity contribution in [3.05, 3.63) is 0 Å². The van der Waals surface area contributed by atoms with Crippen LogP contribution in [0.1, 0.15) is 65.7 Å². The van der Waals surface area contributed by atoms with Crippen LogP contribution in [0, 0.1) is 5.92 Å². The van der Waals surface area contributed by atoms with Gasteiger partial charge in [-0.15, -0.1) is 0 Å². The number of hydrogen-bond acceptors (Lipinski definition) is 2. The van der Waals surface area contributed by atoms with E-state index in [4.69, 9.17) is 9.84 Å². The number of carboxylic acid groups (broad SMARTS) is 1. The van der Waals surface area contributed by atoms with Crippen molar-refractivity contribution in [2.45, 2.75) is 71.8 Å². The molecule has 102 valence electrons. The highest BCUT2D eigenvalue weighted by Gasteiger charge is 2.19. The van der Waals surface area contributed by atoms with E-state index in [1.807, 2.05) is 6.92 Å². The molecule has 2 unspecified atom stereocenters. The van der Waals surface area contributed by atoms with Gasteiger partial charge in [0.15, 0.2) is 0 Å². The van der Waals surface area contributed by atoms with Gasteiger partial charge in [0.05, 0.1) is 12.0 Å². The SMILES string of the molecule is CCCCCCCCCOC(C)C(C)C(=O)O. The molecule has 0 amide bonds. The van der Waals surface area contributed by atoms with Gasteiger partial charge in [0.1, 0.15) is 0 Å². The molecule has 0 aromatic rings. The van der Waals surface area contributed by atoms with Crippen molar-refractivity contribution < 1.29 is 14.6 Å². The van der Waals surface area contributed by atoms with Gasteiger partial charge in [-0.1, -0.05) is 45.4 Å². The van der Waals surface area contributed by atoms with Crippen molar-refractivity contribution in [3.8, 4) is 0 Å². The lowest BCUT2D eigenvalue weighted by atomic mass is 10.1. The molecule has 1 N–H and O–H groups in total. The molecule has 0 aliphatic heterocycles. The second kappa shape index (κ2) is 10.6. The van der Waals surface area contributed by atoms with Gasteiger partial charge >= 0.3 is 5.97 Å². The molecule has 0 fully saturated rings. The fraction of sp³-hybridized carbons (Fsp3) is 0.929. The molecule has 0 aliphatic carbocycles. The number of aliphatic carboxylic acids is 1. The average molecular weight is 244 g/mol. The van der Waals surface area contributed by atoms with Gasteiger partial charge in [0.2, 0.25) is 0 Å². The van der Waals surface area contributed by atoms with Crippen LogP contribution in [0.3, 0.4) is 0 Å². The van der Waals surface area contributed by atoms with Gasteiger partial charge in [0, 0.05) is 6.61 Å². The second-order valence-electron chi connectivity index (χ2n) is 4.82. The van der Waals surface area contributed by atoms with Crippen LogP contribution in [0.25, 0.3) is 0 Å². The maximum absolute atomic E-state index is 10.7. The first-order valence-corrected chi connectivity index (χ1v) is 6.94. The first-order chi connectivity index (χ1) is 8.09. The molecule has 0 aliphatic rings. The molecule has 17 heavy (non-hydrogen) atoms. The molecule has 0 spiro atoms. The molecule has 2 atom stereocenters. The summed E-state index contributed by atoms with van der Waals surface area (Å²) in [7, 11) is 0. The third-order valence-electron chi connectivity index (χ3n) is 3.22. The summed E-state index contributed by atoms with van der Waals surface area (Å²) in [6, 6.07) is 0. The Bertz CT molecular complexity index is 192. The van der Waals surface area contributed by atoms with Gasteiger partial charge in [-0.25, -0.2) is 0 Å². The van der Waals surface area contributed by atoms with Crippen molar-refractivity contribution in [3.63, 3.8) is 0 Å². The Hall–Kier alpha value is -0.570. The van der Waals surface area contributed by atoms with Gasteiger partial charge in [-0.3, -0.25) is 4.79 Å². The predicted molar refractivity (Wildman–Crippen MR) is 70.2 cm³/mol. The Kier molecular flexibility index (Phi) is 10.2. The zero-order valence-electron chi connectivity index (χ0n) is 11.6. The highest BCUT2D eigenvalue weighted by atomic mass is 16.5. The number of hydrogen-bond donors (Lipinski definition) is 1.